The molecule has 18 heavy (non-hydrogen) atoms. The summed E-state index contributed by atoms with van der Waals surface area (Å²) in [5.41, 5.74) is 2.40. The van der Waals surface area contributed by atoms with E-state index < -0.39 is 0 Å². The highest BCUT2D eigenvalue weighted by molar-refractivity contribution is 6.05. The molecule has 0 radical (unpaired) electrons. The number of aliphatic hydroxyl groups excluding tert-OH is 1. The summed E-state index contributed by atoms with van der Waals surface area (Å²) in [6.45, 7) is 1.81. The summed E-state index contributed by atoms with van der Waals surface area (Å²) in [5, 5.41) is 11.0. The number of pyridine rings is 1. The Bertz CT molecular complexity index is 731. The number of rotatable bonds is 2. The molecule has 0 amide bonds. The van der Waals surface area contributed by atoms with E-state index in [1.54, 1.807) is 7.11 Å². The number of aliphatic hydroxyl groups is 1. The highest BCUT2D eigenvalue weighted by atomic mass is 16.5. The topological polar surface area (TPSA) is 55.5 Å². The molecule has 0 atom stereocenters. The Morgan fingerprint density at radius 1 is 1.33 bits per heavy atom. The SMILES string of the molecule is COc1cccc2c1nc(C)c1cc(CO)oc12. The first kappa shape index (κ1) is 11.0. The average Bonchev–Trinajstić information content (AvgIpc) is 2.83. The lowest BCUT2D eigenvalue weighted by Crippen LogP contribution is -1.90. The number of hydrogen-bond acceptors (Lipinski definition) is 4. The van der Waals surface area contributed by atoms with Gasteiger partial charge in [0.15, 0.2) is 0 Å². The molecule has 1 aromatic carbocycles. The summed E-state index contributed by atoms with van der Waals surface area (Å²) in [6, 6.07) is 7.54. The fourth-order valence-electron chi connectivity index (χ4n) is 2.20. The lowest BCUT2D eigenvalue weighted by atomic mass is 10.1. The van der Waals surface area contributed by atoms with Gasteiger partial charge in [-0.15, -0.1) is 0 Å². The zero-order chi connectivity index (χ0) is 12.7. The quantitative estimate of drug-likeness (QED) is 0.752. The summed E-state index contributed by atoms with van der Waals surface area (Å²) < 4.78 is 11.0. The molecule has 0 aliphatic rings. The maximum absolute atomic E-state index is 9.16. The van der Waals surface area contributed by atoms with Crippen molar-refractivity contribution in [3.63, 3.8) is 0 Å². The number of para-hydroxylation sites is 1. The van der Waals surface area contributed by atoms with Crippen LogP contribution in [0.5, 0.6) is 5.75 Å². The van der Waals surface area contributed by atoms with Crippen LogP contribution < -0.4 is 4.74 Å². The van der Waals surface area contributed by atoms with E-state index in [1.807, 2.05) is 31.2 Å². The minimum atomic E-state index is -0.112. The molecule has 1 N–H and O–H groups in total. The second kappa shape index (κ2) is 3.99. The molecule has 4 heteroatoms. The van der Waals surface area contributed by atoms with Crippen molar-refractivity contribution >= 4 is 21.9 Å². The van der Waals surface area contributed by atoms with Gasteiger partial charge in [-0.25, -0.2) is 4.98 Å². The van der Waals surface area contributed by atoms with Gasteiger partial charge >= 0.3 is 0 Å². The lowest BCUT2D eigenvalue weighted by Gasteiger charge is -2.06. The summed E-state index contributed by atoms with van der Waals surface area (Å²) in [6.07, 6.45) is 0. The fourth-order valence-corrected chi connectivity index (χ4v) is 2.20. The van der Waals surface area contributed by atoms with Crippen LogP contribution >= 0.6 is 0 Å². The van der Waals surface area contributed by atoms with Crippen molar-refractivity contribution in [1.29, 1.82) is 0 Å². The van der Waals surface area contributed by atoms with Crippen LogP contribution in [0.15, 0.2) is 28.7 Å². The molecule has 4 nitrogen and oxygen atoms in total. The van der Waals surface area contributed by atoms with E-state index in [2.05, 4.69) is 4.98 Å². The van der Waals surface area contributed by atoms with E-state index in [-0.39, 0.29) is 6.61 Å². The molecule has 0 bridgehead atoms. The van der Waals surface area contributed by atoms with Gasteiger partial charge < -0.3 is 14.3 Å². The molecule has 0 aliphatic heterocycles. The lowest BCUT2D eigenvalue weighted by molar-refractivity contribution is 0.251. The zero-order valence-electron chi connectivity index (χ0n) is 10.2. The molecule has 0 aliphatic carbocycles. The average molecular weight is 243 g/mol. The highest BCUT2D eigenvalue weighted by Crippen LogP contribution is 2.33. The first-order chi connectivity index (χ1) is 8.74. The van der Waals surface area contributed by atoms with Crippen LogP contribution in [0.2, 0.25) is 0 Å². The number of methoxy groups -OCH3 is 1. The molecule has 3 rings (SSSR count). The summed E-state index contributed by atoms with van der Waals surface area (Å²) in [7, 11) is 1.62. The van der Waals surface area contributed by atoms with Gasteiger partial charge in [0.25, 0.3) is 0 Å². The molecule has 3 aromatic rings. The molecule has 2 heterocycles. The van der Waals surface area contributed by atoms with Gasteiger partial charge in [0.1, 0.15) is 29.2 Å². The van der Waals surface area contributed by atoms with E-state index in [0.29, 0.717) is 5.76 Å². The number of hydrogen-bond donors (Lipinski definition) is 1. The molecular formula is C14H13NO3. The Kier molecular flexibility index (Phi) is 2.45. The Hall–Kier alpha value is -2.07. The van der Waals surface area contributed by atoms with E-state index >= 15 is 0 Å². The number of aromatic nitrogens is 1. The van der Waals surface area contributed by atoms with Crippen LogP contribution in [0.25, 0.3) is 21.9 Å². The zero-order valence-corrected chi connectivity index (χ0v) is 10.2. The first-order valence-electron chi connectivity index (χ1n) is 5.71. The van der Waals surface area contributed by atoms with Gasteiger partial charge in [-0.2, -0.15) is 0 Å². The monoisotopic (exact) mass is 243 g/mol. The Morgan fingerprint density at radius 2 is 2.17 bits per heavy atom. The molecular weight excluding hydrogens is 230 g/mol. The van der Waals surface area contributed by atoms with Gasteiger partial charge in [0, 0.05) is 16.5 Å². The summed E-state index contributed by atoms with van der Waals surface area (Å²) in [5.74, 6) is 1.27. The Morgan fingerprint density at radius 3 is 2.89 bits per heavy atom. The van der Waals surface area contributed by atoms with Gasteiger partial charge in [0.05, 0.1) is 7.11 Å². The van der Waals surface area contributed by atoms with Gasteiger partial charge in [0.2, 0.25) is 0 Å². The molecule has 92 valence electrons. The molecule has 0 spiro atoms. The minimum absolute atomic E-state index is 0.112. The van der Waals surface area contributed by atoms with Crippen molar-refractivity contribution in [2.75, 3.05) is 7.11 Å². The largest absolute Gasteiger partial charge is 0.494 e. The third-order valence-corrected chi connectivity index (χ3v) is 3.07. The molecule has 0 unspecified atom stereocenters. The van der Waals surface area contributed by atoms with Crippen LogP contribution in [-0.2, 0) is 6.61 Å². The first-order valence-corrected chi connectivity index (χ1v) is 5.71. The predicted molar refractivity (Wildman–Crippen MR) is 68.7 cm³/mol. The molecule has 0 saturated heterocycles. The second-order valence-corrected chi connectivity index (χ2v) is 4.17. The van der Waals surface area contributed by atoms with Crippen molar-refractivity contribution in [3.8, 4) is 5.75 Å². The molecule has 0 fully saturated rings. The van der Waals surface area contributed by atoms with Gasteiger partial charge in [-0.1, -0.05) is 6.07 Å². The summed E-state index contributed by atoms with van der Waals surface area (Å²) >= 11 is 0. The van der Waals surface area contributed by atoms with Crippen LogP contribution in [0, 0.1) is 6.92 Å². The Labute approximate surface area is 104 Å². The standard InChI is InChI=1S/C14H13NO3/c1-8-11-6-9(7-16)18-14(11)10-4-3-5-12(17-2)13(10)15-8/h3-6,16H,7H2,1-2H3. The van der Waals surface area contributed by atoms with Crippen molar-refractivity contribution in [2.24, 2.45) is 0 Å². The molecule has 0 saturated carbocycles. The van der Waals surface area contributed by atoms with E-state index in [0.717, 1.165) is 33.3 Å². The van der Waals surface area contributed by atoms with Crippen LogP contribution in [0.4, 0.5) is 0 Å². The third-order valence-electron chi connectivity index (χ3n) is 3.07. The number of furan rings is 1. The highest BCUT2D eigenvalue weighted by Gasteiger charge is 2.13. The van der Waals surface area contributed by atoms with Crippen LogP contribution in [-0.4, -0.2) is 17.2 Å². The number of benzene rings is 1. The van der Waals surface area contributed by atoms with Gasteiger partial charge in [-0.05, 0) is 25.1 Å². The Balaban J connectivity index is 2.49. The van der Waals surface area contributed by atoms with Crippen LogP contribution in [0.3, 0.4) is 0 Å². The molecule has 2 aromatic heterocycles. The summed E-state index contributed by atoms with van der Waals surface area (Å²) in [4.78, 5) is 4.56. The predicted octanol–water partition coefficient (Wildman–Crippen LogP) is 2.79. The van der Waals surface area contributed by atoms with E-state index in [9.17, 15) is 0 Å². The van der Waals surface area contributed by atoms with Crippen molar-refractivity contribution in [3.05, 3.63) is 35.7 Å². The van der Waals surface area contributed by atoms with Crippen molar-refractivity contribution in [1.82, 2.24) is 4.98 Å². The minimum Gasteiger partial charge on any atom is -0.494 e. The third kappa shape index (κ3) is 1.46. The van der Waals surface area contributed by atoms with Crippen molar-refractivity contribution < 1.29 is 14.3 Å². The van der Waals surface area contributed by atoms with E-state index in [1.165, 1.54) is 0 Å². The number of ether oxygens (including phenoxy) is 1. The second-order valence-electron chi connectivity index (χ2n) is 4.17. The van der Waals surface area contributed by atoms with E-state index in [4.69, 9.17) is 14.3 Å². The number of fused-ring (bicyclic) bond motifs is 3. The number of nitrogens with zero attached hydrogens (tertiary/aromatic N) is 1. The van der Waals surface area contributed by atoms with Crippen LogP contribution in [0.1, 0.15) is 11.5 Å². The van der Waals surface area contributed by atoms with Crippen molar-refractivity contribution in [2.45, 2.75) is 13.5 Å². The normalized spacial score (nSPS) is 11.3. The van der Waals surface area contributed by atoms with Gasteiger partial charge in [-0.3, -0.25) is 0 Å². The maximum atomic E-state index is 9.16. The smallest absolute Gasteiger partial charge is 0.145 e. The fraction of sp³-hybridized carbons (Fsp3) is 0.214. The number of aryl methyl sites for hydroxylation is 1. The maximum Gasteiger partial charge on any atom is 0.145 e.